The van der Waals surface area contributed by atoms with Crippen LogP contribution in [0.15, 0.2) is 11.1 Å². The van der Waals surface area contributed by atoms with Crippen LogP contribution in [0.5, 0.6) is 0 Å². The van der Waals surface area contributed by atoms with Crippen molar-refractivity contribution in [1.82, 2.24) is 14.1 Å². The van der Waals surface area contributed by atoms with Crippen molar-refractivity contribution in [2.45, 2.75) is 31.5 Å². The molecule has 7 nitrogen and oxygen atoms in total. The molecular formula is C11H20N4O3S. The molecule has 108 valence electrons. The lowest BCUT2D eigenvalue weighted by Gasteiger charge is -2.31. The zero-order valence-electron chi connectivity index (χ0n) is 11.2. The van der Waals surface area contributed by atoms with E-state index in [0.29, 0.717) is 38.5 Å². The molecule has 2 rings (SSSR count). The molecule has 0 saturated carbocycles. The molecule has 2 N–H and O–H groups in total. The third-order valence-electron chi connectivity index (χ3n) is 3.13. The highest BCUT2D eigenvalue weighted by molar-refractivity contribution is 7.89. The van der Waals surface area contributed by atoms with Crippen molar-refractivity contribution >= 4 is 10.0 Å². The van der Waals surface area contributed by atoms with E-state index in [2.05, 4.69) is 5.10 Å². The lowest BCUT2D eigenvalue weighted by atomic mass is 10.3. The summed E-state index contributed by atoms with van der Waals surface area (Å²) in [5.74, 6) is 0. The summed E-state index contributed by atoms with van der Waals surface area (Å²) in [6.45, 7) is 5.52. The molecule has 1 aliphatic rings. The van der Waals surface area contributed by atoms with Crippen LogP contribution in [0, 0.1) is 6.92 Å². The van der Waals surface area contributed by atoms with Crippen LogP contribution in [0.25, 0.3) is 0 Å². The third-order valence-corrected chi connectivity index (χ3v) is 5.00. The SMILES string of the molecule is CCn1nc(C)cc1S(=O)(=O)N1CCOC(CN)C1. The predicted octanol–water partition coefficient (Wildman–Crippen LogP) is -0.440. The highest BCUT2D eigenvalue weighted by Crippen LogP contribution is 2.19. The Morgan fingerprint density at radius 2 is 2.32 bits per heavy atom. The van der Waals surface area contributed by atoms with Crippen LogP contribution in [0.3, 0.4) is 0 Å². The van der Waals surface area contributed by atoms with E-state index in [1.165, 1.54) is 8.99 Å². The van der Waals surface area contributed by atoms with Gasteiger partial charge in [0.05, 0.1) is 18.4 Å². The van der Waals surface area contributed by atoms with Gasteiger partial charge in [0.2, 0.25) is 0 Å². The molecule has 0 spiro atoms. The fourth-order valence-corrected chi connectivity index (χ4v) is 3.84. The smallest absolute Gasteiger partial charge is 0.260 e. The van der Waals surface area contributed by atoms with Gasteiger partial charge in [-0.05, 0) is 19.9 Å². The highest BCUT2D eigenvalue weighted by Gasteiger charge is 2.32. The number of sulfonamides is 1. The van der Waals surface area contributed by atoms with Crippen molar-refractivity contribution in [2.24, 2.45) is 5.73 Å². The van der Waals surface area contributed by atoms with Gasteiger partial charge in [0.25, 0.3) is 10.0 Å². The molecule has 1 aromatic rings. The van der Waals surface area contributed by atoms with Gasteiger partial charge < -0.3 is 10.5 Å². The number of nitrogens with zero attached hydrogens (tertiary/aromatic N) is 3. The molecule has 0 bridgehead atoms. The van der Waals surface area contributed by atoms with Crippen molar-refractivity contribution in [2.75, 3.05) is 26.2 Å². The number of hydrogen-bond donors (Lipinski definition) is 1. The summed E-state index contributed by atoms with van der Waals surface area (Å²) in [5, 5.41) is 4.43. The van der Waals surface area contributed by atoms with Crippen molar-refractivity contribution < 1.29 is 13.2 Å². The average Bonchev–Trinajstić information content (AvgIpc) is 2.81. The molecule has 1 saturated heterocycles. The number of morpholine rings is 1. The van der Waals surface area contributed by atoms with Gasteiger partial charge in [-0.2, -0.15) is 9.40 Å². The van der Waals surface area contributed by atoms with Gasteiger partial charge in [-0.3, -0.25) is 4.68 Å². The van der Waals surface area contributed by atoms with Crippen molar-refractivity contribution in [1.29, 1.82) is 0 Å². The molecule has 1 atom stereocenters. The maximum absolute atomic E-state index is 12.6. The number of rotatable bonds is 4. The summed E-state index contributed by atoms with van der Waals surface area (Å²) in [6, 6.07) is 1.60. The average molecular weight is 288 g/mol. The van der Waals surface area contributed by atoms with Crippen LogP contribution in [-0.4, -0.2) is 54.8 Å². The Kier molecular flexibility index (Phi) is 4.24. The summed E-state index contributed by atoms with van der Waals surface area (Å²) >= 11 is 0. The van der Waals surface area contributed by atoms with Gasteiger partial charge in [-0.1, -0.05) is 0 Å². The number of hydrogen-bond acceptors (Lipinski definition) is 5. The van der Waals surface area contributed by atoms with Crippen LogP contribution in [0.1, 0.15) is 12.6 Å². The van der Waals surface area contributed by atoms with Gasteiger partial charge in [-0.25, -0.2) is 8.42 Å². The maximum atomic E-state index is 12.6. The Labute approximate surface area is 113 Å². The fraction of sp³-hybridized carbons (Fsp3) is 0.727. The summed E-state index contributed by atoms with van der Waals surface area (Å²) in [7, 11) is -3.53. The Balaban J connectivity index is 2.31. The van der Waals surface area contributed by atoms with Gasteiger partial charge in [0.1, 0.15) is 0 Å². The molecule has 19 heavy (non-hydrogen) atoms. The molecule has 0 aromatic carbocycles. The molecule has 1 aliphatic heterocycles. The third kappa shape index (κ3) is 2.81. The van der Waals surface area contributed by atoms with E-state index < -0.39 is 10.0 Å². The van der Waals surface area contributed by atoms with E-state index in [9.17, 15) is 8.42 Å². The summed E-state index contributed by atoms with van der Waals surface area (Å²) < 4.78 is 33.6. The fourth-order valence-electron chi connectivity index (χ4n) is 2.14. The first-order valence-corrected chi connectivity index (χ1v) is 7.79. The van der Waals surface area contributed by atoms with Crippen LogP contribution in [0.4, 0.5) is 0 Å². The van der Waals surface area contributed by atoms with Crippen LogP contribution < -0.4 is 5.73 Å². The maximum Gasteiger partial charge on any atom is 0.260 e. The Hall–Kier alpha value is -0.960. The second-order valence-corrected chi connectivity index (χ2v) is 6.42. The molecule has 1 unspecified atom stereocenters. The van der Waals surface area contributed by atoms with Crippen LogP contribution in [-0.2, 0) is 21.3 Å². The van der Waals surface area contributed by atoms with Gasteiger partial charge in [0.15, 0.2) is 5.03 Å². The van der Waals surface area contributed by atoms with Gasteiger partial charge >= 0.3 is 0 Å². The second-order valence-electron chi connectivity index (χ2n) is 4.53. The topological polar surface area (TPSA) is 90.5 Å². The Morgan fingerprint density at radius 3 is 2.95 bits per heavy atom. The zero-order chi connectivity index (χ0) is 14.0. The first-order valence-electron chi connectivity index (χ1n) is 6.35. The van der Waals surface area contributed by atoms with Gasteiger partial charge in [0, 0.05) is 26.2 Å². The number of aromatic nitrogens is 2. The Morgan fingerprint density at radius 1 is 1.58 bits per heavy atom. The molecule has 2 heterocycles. The molecule has 1 fully saturated rings. The first kappa shape index (κ1) is 14.4. The number of ether oxygens (including phenoxy) is 1. The lowest BCUT2D eigenvalue weighted by Crippen LogP contribution is -2.48. The number of aryl methyl sites for hydroxylation is 2. The minimum Gasteiger partial charge on any atom is -0.374 e. The molecule has 1 aromatic heterocycles. The lowest BCUT2D eigenvalue weighted by molar-refractivity contribution is 0.00436. The van der Waals surface area contributed by atoms with Crippen molar-refractivity contribution in [3.8, 4) is 0 Å². The quantitative estimate of drug-likeness (QED) is 0.811. The van der Waals surface area contributed by atoms with Crippen LogP contribution >= 0.6 is 0 Å². The Bertz CT molecular complexity index is 540. The van der Waals surface area contributed by atoms with Crippen molar-refractivity contribution in [3.05, 3.63) is 11.8 Å². The van der Waals surface area contributed by atoms with E-state index >= 15 is 0 Å². The molecule has 8 heteroatoms. The minimum atomic E-state index is -3.53. The standard InChI is InChI=1S/C11H20N4O3S/c1-3-15-11(6-9(2)13-15)19(16,17)14-4-5-18-10(7-12)8-14/h6,10H,3-5,7-8,12H2,1-2H3. The van der Waals surface area contributed by atoms with E-state index in [0.717, 1.165) is 0 Å². The van der Waals surface area contributed by atoms with Crippen LogP contribution in [0.2, 0.25) is 0 Å². The van der Waals surface area contributed by atoms with Gasteiger partial charge in [-0.15, -0.1) is 0 Å². The summed E-state index contributed by atoms with van der Waals surface area (Å²) in [4.78, 5) is 0. The minimum absolute atomic E-state index is 0.234. The highest BCUT2D eigenvalue weighted by atomic mass is 32.2. The van der Waals surface area contributed by atoms with E-state index in [4.69, 9.17) is 10.5 Å². The largest absolute Gasteiger partial charge is 0.374 e. The molecule has 0 amide bonds. The predicted molar refractivity (Wildman–Crippen MR) is 70.2 cm³/mol. The molecule has 0 aliphatic carbocycles. The second kappa shape index (κ2) is 5.58. The summed E-state index contributed by atoms with van der Waals surface area (Å²) in [6.07, 6.45) is -0.234. The molecule has 0 radical (unpaired) electrons. The monoisotopic (exact) mass is 288 g/mol. The first-order chi connectivity index (χ1) is 8.98. The zero-order valence-corrected chi connectivity index (χ0v) is 12.1. The van der Waals surface area contributed by atoms with E-state index in [1.54, 1.807) is 13.0 Å². The number of nitrogens with two attached hydrogens (primary N) is 1. The summed E-state index contributed by atoms with van der Waals surface area (Å²) in [5.41, 5.74) is 6.24. The molecular weight excluding hydrogens is 268 g/mol. The van der Waals surface area contributed by atoms with E-state index in [-0.39, 0.29) is 11.1 Å². The van der Waals surface area contributed by atoms with Crippen molar-refractivity contribution in [3.63, 3.8) is 0 Å². The normalized spacial score (nSPS) is 21.7. The van der Waals surface area contributed by atoms with E-state index in [1.807, 2.05) is 6.92 Å².